The van der Waals surface area contributed by atoms with Gasteiger partial charge in [-0.3, -0.25) is 4.79 Å². The maximum Gasteiger partial charge on any atom is 0.341 e. The maximum absolute atomic E-state index is 12.4. The first-order valence-corrected chi connectivity index (χ1v) is 7.25. The number of aryl methyl sites for hydroxylation is 1. The Bertz CT molecular complexity index is 864. The van der Waals surface area contributed by atoms with Crippen LogP contribution in [0.1, 0.15) is 21.1 Å². The Kier molecular flexibility index (Phi) is 3.64. The predicted molar refractivity (Wildman–Crippen MR) is 79.6 cm³/mol. The number of fused-ring (bicyclic) bond motifs is 1. The van der Waals surface area contributed by atoms with Crippen LogP contribution in [0.5, 0.6) is 5.75 Å². The van der Waals surface area contributed by atoms with Crippen LogP contribution in [0.4, 0.5) is 0 Å². The van der Waals surface area contributed by atoms with Gasteiger partial charge >= 0.3 is 5.97 Å². The van der Waals surface area contributed by atoms with Gasteiger partial charge in [-0.2, -0.15) is 0 Å². The van der Waals surface area contributed by atoms with Crippen molar-refractivity contribution in [3.63, 3.8) is 0 Å². The highest BCUT2D eigenvalue weighted by Gasteiger charge is 2.18. The number of hydrogen-bond donors (Lipinski definition) is 1. The summed E-state index contributed by atoms with van der Waals surface area (Å²) in [6.07, 6.45) is 1.38. The summed E-state index contributed by atoms with van der Waals surface area (Å²) in [5, 5.41) is 11.8. The van der Waals surface area contributed by atoms with Gasteiger partial charge in [0.25, 0.3) is 0 Å². The standard InChI is InChI=1S/C15H11NO5S/c1-8-16-12(7-22-8)15(19)11-5-21-13-4-9(2-3-10(11)13)20-6-14(17)18/h2-5,7H,6H2,1H3,(H,17,18). The summed E-state index contributed by atoms with van der Waals surface area (Å²) in [6, 6.07) is 4.83. The number of carbonyl (C=O) groups is 2. The fourth-order valence-corrected chi connectivity index (χ4v) is 2.62. The second-order valence-corrected chi connectivity index (χ2v) is 5.63. The molecule has 22 heavy (non-hydrogen) atoms. The van der Waals surface area contributed by atoms with Crippen LogP contribution in [-0.4, -0.2) is 28.4 Å². The summed E-state index contributed by atoms with van der Waals surface area (Å²) in [5.41, 5.74) is 1.26. The Morgan fingerprint density at radius 2 is 2.23 bits per heavy atom. The van der Waals surface area contributed by atoms with Crippen LogP contribution in [0, 0.1) is 6.92 Å². The highest BCUT2D eigenvalue weighted by atomic mass is 32.1. The van der Waals surface area contributed by atoms with E-state index in [1.807, 2.05) is 6.92 Å². The number of hydrogen-bond acceptors (Lipinski definition) is 6. The van der Waals surface area contributed by atoms with Crippen molar-refractivity contribution in [2.45, 2.75) is 6.92 Å². The molecule has 0 atom stereocenters. The lowest BCUT2D eigenvalue weighted by Gasteiger charge is -2.02. The topological polar surface area (TPSA) is 89.6 Å². The third-order valence-electron chi connectivity index (χ3n) is 3.01. The SMILES string of the molecule is Cc1nc(C(=O)c2coc3cc(OCC(=O)O)ccc23)cs1. The molecule has 3 rings (SSSR count). The largest absolute Gasteiger partial charge is 0.482 e. The fraction of sp³-hybridized carbons (Fsp3) is 0.133. The molecule has 0 radical (unpaired) electrons. The summed E-state index contributed by atoms with van der Waals surface area (Å²) in [4.78, 5) is 27.1. The zero-order valence-electron chi connectivity index (χ0n) is 11.5. The first-order chi connectivity index (χ1) is 10.5. The van der Waals surface area contributed by atoms with Crippen LogP contribution in [-0.2, 0) is 4.79 Å². The molecule has 0 aliphatic rings. The van der Waals surface area contributed by atoms with E-state index in [9.17, 15) is 9.59 Å². The lowest BCUT2D eigenvalue weighted by molar-refractivity contribution is -0.139. The zero-order valence-corrected chi connectivity index (χ0v) is 12.3. The van der Waals surface area contributed by atoms with Crippen LogP contribution in [0.15, 0.2) is 34.3 Å². The smallest absolute Gasteiger partial charge is 0.341 e. The van der Waals surface area contributed by atoms with Crippen molar-refractivity contribution < 1.29 is 23.8 Å². The van der Waals surface area contributed by atoms with E-state index in [4.69, 9.17) is 14.3 Å². The average molecular weight is 317 g/mol. The van der Waals surface area contributed by atoms with Gasteiger partial charge in [-0.1, -0.05) is 0 Å². The fourth-order valence-electron chi connectivity index (χ4n) is 2.02. The number of carboxylic acids is 1. The van der Waals surface area contributed by atoms with Crippen molar-refractivity contribution in [3.05, 3.63) is 46.1 Å². The number of benzene rings is 1. The summed E-state index contributed by atoms with van der Waals surface area (Å²) in [7, 11) is 0. The number of rotatable bonds is 5. The molecule has 0 unspecified atom stereocenters. The molecule has 1 aromatic carbocycles. The van der Waals surface area contributed by atoms with E-state index in [1.54, 1.807) is 23.6 Å². The second-order valence-electron chi connectivity index (χ2n) is 4.57. The molecule has 0 amide bonds. The molecule has 0 aliphatic heterocycles. The molecular weight excluding hydrogens is 306 g/mol. The van der Waals surface area contributed by atoms with E-state index in [1.165, 1.54) is 17.6 Å². The second kappa shape index (κ2) is 5.61. The molecule has 0 fully saturated rings. The Morgan fingerprint density at radius 1 is 1.41 bits per heavy atom. The van der Waals surface area contributed by atoms with Crippen LogP contribution < -0.4 is 4.74 Å². The van der Waals surface area contributed by atoms with E-state index in [0.29, 0.717) is 28.0 Å². The van der Waals surface area contributed by atoms with Crippen LogP contribution in [0.3, 0.4) is 0 Å². The van der Waals surface area contributed by atoms with Gasteiger partial charge in [0.1, 0.15) is 23.3 Å². The summed E-state index contributed by atoms with van der Waals surface area (Å²) < 4.78 is 10.5. The number of nitrogens with zero attached hydrogens (tertiary/aromatic N) is 1. The molecule has 7 heteroatoms. The van der Waals surface area contributed by atoms with Gasteiger partial charge in [0.15, 0.2) is 6.61 Å². The summed E-state index contributed by atoms with van der Waals surface area (Å²) in [5.74, 6) is -0.899. The van der Waals surface area contributed by atoms with Gasteiger partial charge in [-0.25, -0.2) is 9.78 Å². The van der Waals surface area contributed by atoms with Crippen molar-refractivity contribution >= 4 is 34.1 Å². The average Bonchev–Trinajstić information content (AvgIpc) is 3.10. The molecule has 2 aromatic heterocycles. The van der Waals surface area contributed by atoms with Crippen LogP contribution in [0.2, 0.25) is 0 Å². The monoisotopic (exact) mass is 317 g/mol. The molecule has 0 saturated carbocycles. The molecule has 0 bridgehead atoms. The Morgan fingerprint density at radius 3 is 2.91 bits per heavy atom. The number of ketones is 1. The van der Waals surface area contributed by atoms with Crippen LogP contribution >= 0.6 is 11.3 Å². The minimum Gasteiger partial charge on any atom is -0.482 e. The maximum atomic E-state index is 12.4. The third kappa shape index (κ3) is 2.71. The van der Waals surface area contributed by atoms with E-state index in [-0.39, 0.29) is 5.78 Å². The zero-order chi connectivity index (χ0) is 15.7. The van der Waals surface area contributed by atoms with E-state index >= 15 is 0 Å². The molecule has 6 nitrogen and oxygen atoms in total. The lowest BCUT2D eigenvalue weighted by Crippen LogP contribution is -2.09. The van der Waals surface area contributed by atoms with Crippen molar-refractivity contribution in [2.75, 3.05) is 6.61 Å². The van der Waals surface area contributed by atoms with Gasteiger partial charge in [0, 0.05) is 16.8 Å². The van der Waals surface area contributed by atoms with E-state index in [0.717, 1.165) is 5.01 Å². The van der Waals surface area contributed by atoms with Crippen molar-refractivity contribution in [1.29, 1.82) is 0 Å². The van der Waals surface area contributed by atoms with Gasteiger partial charge in [0.05, 0.1) is 10.6 Å². The molecule has 0 aliphatic carbocycles. The van der Waals surface area contributed by atoms with Crippen molar-refractivity contribution in [2.24, 2.45) is 0 Å². The van der Waals surface area contributed by atoms with E-state index in [2.05, 4.69) is 4.98 Å². The summed E-state index contributed by atoms with van der Waals surface area (Å²) >= 11 is 1.41. The molecular formula is C15H11NO5S. The highest BCUT2D eigenvalue weighted by Crippen LogP contribution is 2.27. The predicted octanol–water partition coefficient (Wildman–Crippen LogP) is 2.89. The first-order valence-electron chi connectivity index (χ1n) is 6.37. The summed E-state index contributed by atoms with van der Waals surface area (Å²) in [6.45, 7) is 1.40. The molecule has 0 spiro atoms. The highest BCUT2D eigenvalue weighted by molar-refractivity contribution is 7.09. The minimum atomic E-state index is -1.06. The first kappa shape index (κ1) is 14.3. The molecule has 3 aromatic rings. The normalized spacial score (nSPS) is 10.8. The number of thiazole rings is 1. The Hall–Kier alpha value is -2.67. The molecule has 112 valence electrons. The number of furan rings is 1. The number of ether oxygens (including phenoxy) is 1. The minimum absolute atomic E-state index is 0.206. The van der Waals surface area contributed by atoms with Crippen LogP contribution in [0.25, 0.3) is 11.0 Å². The van der Waals surface area contributed by atoms with Gasteiger partial charge in [-0.15, -0.1) is 11.3 Å². The van der Waals surface area contributed by atoms with Crippen molar-refractivity contribution in [1.82, 2.24) is 4.98 Å². The number of carboxylic acid groups (broad SMARTS) is 1. The lowest BCUT2D eigenvalue weighted by atomic mass is 10.1. The molecule has 2 heterocycles. The number of aliphatic carboxylic acids is 1. The van der Waals surface area contributed by atoms with E-state index < -0.39 is 12.6 Å². The molecule has 1 N–H and O–H groups in total. The van der Waals surface area contributed by atoms with Gasteiger partial charge in [0.2, 0.25) is 5.78 Å². The van der Waals surface area contributed by atoms with Crippen molar-refractivity contribution in [3.8, 4) is 5.75 Å². The third-order valence-corrected chi connectivity index (χ3v) is 3.78. The quantitative estimate of drug-likeness (QED) is 0.728. The number of carbonyl (C=O) groups excluding carboxylic acids is 1. The number of aromatic nitrogens is 1. The molecule has 0 saturated heterocycles. The Balaban J connectivity index is 1.92. The Labute approximate surface area is 129 Å². The van der Waals surface area contributed by atoms with Gasteiger partial charge in [-0.05, 0) is 19.1 Å². The van der Waals surface area contributed by atoms with Gasteiger partial charge < -0.3 is 14.3 Å².